The van der Waals surface area contributed by atoms with E-state index in [9.17, 15) is 14.3 Å². The Kier molecular flexibility index (Phi) is 7.15. The molecule has 4 rings (SSSR count). The van der Waals surface area contributed by atoms with Gasteiger partial charge in [-0.3, -0.25) is 14.7 Å². The molecule has 1 fully saturated rings. The lowest BCUT2D eigenvalue weighted by atomic mass is 10.0. The first-order valence-electron chi connectivity index (χ1n) is 10.6. The monoisotopic (exact) mass is 470 g/mol. The van der Waals surface area contributed by atoms with Crippen molar-refractivity contribution in [1.29, 1.82) is 5.26 Å². The number of carbonyl (C=O) groups excluding carboxylic acids is 1. The maximum Gasteiger partial charge on any atom is 0.264 e. The van der Waals surface area contributed by atoms with Gasteiger partial charge >= 0.3 is 0 Å². The third-order valence-electron chi connectivity index (χ3n) is 5.34. The Morgan fingerprint density at radius 3 is 2.82 bits per heavy atom. The number of aliphatic hydroxyl groups is 1. The molecule has 0 spiro atoms. The Bertz CT molecular complexity index is 1180. The number of benzene rings is 1. The number of rotatable bonds is 9. The van der Waals surface area contributed by atoms with E-state index in [0.29, 0.717) is 5.75 Å². The summed E-state index contributed by atoms with van der Waals surface area (Å²) in [5.74, 6) is -0.629. The molecule has 1 amide bonds. The number of nitrogens with one attached hydrogen (secondary N) is 1. The smallest absolute Gasteiger partial charge is 0.264 e. The van der Waals surface area contributed by atoms with Crippen molar-refractivity contribution in [1.82, 2.24) is 19.5 Å². The summed E-state index contributed by atoms with van der Waals surface area (Å²) >= 11 is 0. The number of amides is 1. The summed E-state index contributed by atoms with van der Waals surface area (Å²) in [5.41, 5.74) is 0.382. The molecule has 0 radical (unpaired) electrons. The van der Waals surface area contributed by atoms with Gasteiger partial charge in [0.05, 0.1) is 31.5 Å². The summed E-state index contributed by atoms with van der Waals surface area (Å²) in [7, 11) is 0. The Morgan fingerprint density at radius 1 is 1.32 bits per heavy atom. The van der Waals surface area contributed by atoms with Crippen LogP contribution in [0.3, 0.4) is 0 Å². The quantitative estimate of drug-likeness (QED) is 0.449. The number of hydrogen-bond donors (Lipinski definition) is 2. The highest BCUT2D eigenvalue weighted by Gasteiger charge is 2.43. The van der Waals surface area contributed by atoms with E-state index in [1.807, 2.05) is 12.1 Å². The number of hydrogen-bond acceptors (Lipinski definition) is 9. The predicted octanol–water partition coefficient (Wildman–Crippen LogP) is 2.00. The van der Waals surface area contributed by atoms with Gasteiger partial charge in [0.1, 0.15) is 12.4 Å². The normalized spacial score (nSPS) is 21.8. The fourth-order valence-corrected chi connectivity index (χ4v) is 3.52. The van der Waals surface area contributed by atoms with Crippen LogP contribution in [0.1, 0.15) is 19.6 Å². The number of ether oxygens (including phenoxy) is 3. The minimum absolute atomic E-state index is 0.0263. The van der Waals surface area contributed by atoms with Gasteiger partial charge in [-0.05, 0) is 12.1 Å². The van der Waals surface area contributed by atoms with Gasteiger partial charge < -0.3 is 19.3 Å². The van der Waals surface area contributed by atoms with Crippen molar-refractivity contribution in [2.75, 3.05) is 25.1 Å². The number of aromatic nitrogens is 4. The number of para-hydroxylation sites is 1. The number of fused-ring (bicyclic) bond motifs is 1. The molecule has 178 valence electrons. The highest BCUT2D eigenvalue weighted by molar-refractivity contribution is 5.91. The highest BCUT2D eigenvalue weighted by Crippen LogP contribution is 2.38. The Hall–Kier alpha value is -3.82. The van der Waals surface area contributed by atoms with Crippen molar-refractivity contribution in [2.24, 2.45) is 5.92 Å². The van der Waals surface area contributed by atoms with Crippen LogP contribution in [0, 0.1) is 17.2 Å². The Morgan fingerprint density at radius 2 is 2.12 bits per heavy atom. The van der Waals surface area contributed by atoms with Gasteiger partial charge in [-0.15, -0.1) is 0 Å². The van der Waals surface area contributed by atoms with Crippen molar-refractivity contribution in [3.63, 3.8) is 0 Å². The number of aliphatic hydroxyl groups excluding tert-OH is 1. The number of imidazole rings is 1. The van der Waals surface area contributed by atoms with E-state index in [2.05, 4.69) is 20.3 Å². The molecular formula is C22H23FN6O5. The van der Waals surface area contributed by atoms with Crippen LogP contribution in [0.4, 0.5) is 10.3 Å². The van der Waals surface area contributed by atoms with Crippen molar-refractivity contribution < 1.29 is 28.5 Å². The molecule has 34 heavy (non-hydrogen) atoms. The van der Waals surface area contributed by atoms with Crippen LogP contribution in [-0.2, 0) is 9.53 Å². The van der Waals surface area contributed by atoms with Crippen LogP contribution >= 0.6 is 0 Å². The number of nitriles is 1. The first-order chi connectivity index (χ1) is 16.5. The zero-order chi connectivity index (χ0) is 24.1. The van der Waals surface area contributed by atoms with Gasteiger partial charge in [0, 0.05) is 5.92 Å². The number of halogens is 1. The van der Waals surface area contributed by atoms with Gasteiger partial charge in [0.25, 0.3) is 5.91 Å². The third kappa shape index (κ3) is 4.90. The fourth-order valence-electron chi connectivity index (χ4n) is 3.52. The van der Waals surface area contributed by atoms with Gasteiger partial charge in [0.2, 0.25) is 11.8 Å². The van der Waals surface area contributed by atoms with Crippen LogP contribution in [0.25, 0.3) is 11.2 Å². The molecule has 1 aliphatic rings. The summed E-state index contributed by atoms with van der Waals surface area (Å²) < 4.78 is 33.0. The molecule has 1 aliphatic heterocycles. The molecule has 4 atom stereocenters. The van der Waals surface area contributed by atoms with Crippen LogP contribution in [0.2, 0.25) is 0 Å². The van der Waals surface area contributed by atoms with Gasteiger partial charge in [0.15, 0.2) is 30.2 Å². The van der Waals surface area contributed by atoms with E-state index in [1.165, 1.54) is 10.9 Å². The van der Waals surface area contributed by atoms with E-state index in [-0.39, 0.29) is 49.2 Å². The first-order valence-corrected chi connectivity index (χ1v) is 10.6. The minimum atomic E-state index is -1.43. The zero-order valence-corrected chi connectivity index (χ0v) is 18.3. The van der Waals surface area contributed by atoms with E-state index in [4.69, 9.17) is 19.5 Å². The summed E-state index contributed by atoms with van der Waals surface area (Å²) in [6.45, 7) is 1.07. The van der Waals surface area contributed by atoms with Crippen LogP contribution in [0.15, 0.2) is 36.7 Å². The number of anilines is 1. The van der Waals surface area contributed by atoms with Crippen molar-refractivity contribution in [3.8, 4) is 17.7 Å². The molecule has 1 unspecified atom stereocenters. The van der Waals surface area contributed by atoms with Crippen LogP contribution in [0.5, 0.6) is 11.6 Å². The highest BCUT2D eigenvalue weighted by atomic mass is 19.1. The van der Waals surface area contributed by atoms with Crippen molar-refractivity contribution in [3.05, 3.63) is 36.7 Å². The summed E-state index contributed by atoms with van der Waals surface area (Å²) in [4.78, 5) is 25.2. The summed E-state index contributed by atoms with van der Waals surface area (Å²) in [6.07, 6.45) is -1.74. The van der Waals surface area contributed by atoms with Crippen molar-refractivity contribution >= 4 is 23.0 Å². The van der Waals surface area contributed by atoms with Gasteiger partial charge in [-0.2, -0.15) is 15.2 Å². The van der Waals surface area contributed by atoms with E-state index in [1.54, 1.807) is 31.2 Å². The number of alkyl halides is 1. The lowest BCUT2D eigenvalue weighted by molar-refractivity contribution is -0.118. The molecule has 1 saturated heterocycles. The Balaban J connectivity index is 1.60. The standard InChI is InChI=1S/C22H23FN6O5/c1-13-15(10-30)34-21(17(13)23)29-12-25-18-19(29)27-22(28-20(18)32-9-5-8-24)26-16(31)11-33-14-6-3-2-4-7-14/h2-4,6-7,12-13,15,17,21,30H,5,9-11H2,1H3,(H,26,27,28,31)/t13?,15-,17+,21-/m1/s1. The van der Waals surface area contributed by atoms with E-state index in [0.717, 1.165) is 0 Å². The second-order valence-corrected chi connectivity index (χ2v) is 7.63. The zero-order valence-electron chi connectivity index (χ0n) is 18.3. The molecule has 0 aliphatic carbocycles. The molecule has 0 saturated carbocycles. The second kappa shape index (κ2) is 10.4. The molecule has 12 heteroatoms. The molecular weight excluding hydrogens is 447 g/mol. The number of carbonyl (C=O) groups is 1. The Labute approximate surface area is 194 Å². The van der Waals surface area contributed by atoms with Gasteiger partial charge in [-0.1, -0.05) is 25.1 Å². The van der Waals surface area contributed by atoms with Crippen molar-refractivity contribution in [2.45, 2.75) is 31.8 Å². The lowest BCUT2D eigenvalue weighted by Gasteiger charge is -2.16. The maximum atomic E-state index is 14.9. The van der Waals surface area contributed by atoms with Crippen LogP contribution < -0.4 is 14.8 Å². The SMILES string of the molecule is CC1[C@@H](CO)O[C@@H](n2cnc3c(OCCC#N)nc(NC(=O)COc4ccccc4)nc32)[C@H]1F. The lowest BCUT2D eigenvalue weighted by Crippen LogP contribution is -2.23. The molecule has 2 N–H and O–H groups in total. The number of nitrogens with zero attached hydrogens (tertiary/aromatic N) is 5. The first kappa shape index (κ1) is 23.3. The molecule has 3 aromatic rings. The molecule has 1 aromatic carbocycles. The fraction of sp³-hybridized carbons (Fsp3) is 0.409. The average molecular weight is 470 g/mol. The minimum Gasteiger partial charge on any atom is -0.484 e. The second-order valence-electron chi connectivity index (χ2n) is 7.63. The molecule has 2 aromatic heterocycles. The predicted molar refractivity (Wildman–Crippen MR) is 117 cm³/mol. The molecule has 0 bridgehead atoms. The third-order valence-corrected chi connectivity index (χ3v) is 5.34. The molecule has 11 nitrogen and oxygen atoms in total. The summed E-state index contributed by atoms with van der Waals surface area (Å²) in [6, 6.07) is 10.8. The summed E-state index contributed by atoms with van der Waals surface area (Å²) in [5, 5.41) is 20.8. The van der Waals surface area contributed by atoms with E-state index < -0.39 is 30.3 Å². The maximum absolute atomic E-state index is 14.9. The van der Waals surface area contributed by atoms with E-state index >= 15 is 0 Å². The van der Waals surface area contributed by atoms with Gasteiger partial charge in [-0.25, -0.2) is 9.37 Å². The largest absolute Gasteiger partial charge is 0.484 e. The topological polar surface area (TPSA) is 144 Å². The van der Waals surface area contributed by atoms with Crippen LogP contribution in [-0.4, -0.2) is 62.6 Å². The molecule has 3 heterocycles. The average Bonchev–Trinajstić information content (AvgIpc) is 3.39.